The summed E-state index contributed by atoms with van der Waals surface area (Å²) >= 11 is 0. The molecule has 1 saturated heterocycles. The van der Waals surface area contributed by atoms with Gasteiger partial charge in [0, 0.05) is 25.9 Å². The highest BCUT2D eigenvalue weighted by molar-refractivity contribution is 5.85. The van der Waals surface area contributed by atoms with Crippen molar-refractivity contribution in [1.29, 1.82) is 0 Å². The number of morpholine rings is 1. The van der Waals surface area contributed by atoms with Gasteiger partial charge in [-0.25, -0.2) is 8.78 Å². The fourth-order valence-corrected chi connectivity index (χ4v) is 2.10. The largest absolute Gasteiger partial charge is 0.372 e. The summed E-state index contributed by atoms with van der Waals surface area (Å²) in [6, 6.07) is 0. The molecular weight excluding hydrogens is 212 g/mol. The highest BCUT2D eigenvalue weighted by Crippen LogP contribution is 2.40. The molecular formula is C9H16ClF2NO. The molecule has 0 amide bonds. The second-order valence-electron chi connectivity index (χ2n) is 4.06. The van der Waals surface area contributed by atoms with Gasteiger partial charge in [-0.3, -0.25) is 0 Å². The van der Waals surface area contributed by atoms with E-state index in [4.69, 9.17) is 4.74 Å². The first-order valence-corrected chi connectivity index (χ1v) is 4.85. The monoisotopic (exact) mass is 227 g/mol. The van der Waals surface area contributed by atoms with Gasteiger partial charge in [0.1, 0.15) is 0 Å². The van der Waals surface area contributed by atoms with Crippen LogP contribution in [-0.4, -0.2) is 31.2 Å². The molecule has 0 bridgehead atoms. The normalized spacial score (nSPS) is 29.6. The van der Waals surface area contributed by atoms with Gasteiger partial charge in [-0.2, -0.15) is 0 Å². The van der Waals surface area contributed by atoms with Crippen molar-refractivity contribution >= 4 is 12.4 Å². The smallest absolute Gasteiger partial charge is 0.248 e. The Kier molecular flexibility index (Phi) is 3.72. The predicted octanol–water partition coefficient (Wildman–Crippen LogP) is 1.98. The fraction of sp³-hybridized carbons (Fsp3) is 1.00. The van der Waals surface area contributed by atoms with Crippen LogP contribution in [0.2, 0.25) is 0 Å². The van der Waals surface area contributed by atoms with Crippen molar-refractivity contribution in [2.75, 3.05) is 19.7 Å². The van der Waals surface area contributed by atoms with Gasteiger partial charge < -0.3 is 10.1 Å². The van der Waals surface area contributed by atoms with Crippen molar-refractivity contribution in [3.05, 3.63) is 0 Å². The van der Waals surface area contributed by atoms with Crippen LogP contribution in [0, 0.1) is 0 Å². The lowest BCUT2D eigenvalue weighted by atomic mass is 9.82. The van der Waals surface area contributed by atoms with Gasteiger partial charge in [-0.05, 0) is 12.8 Å². The minimum atomic E-state index is -2.45. The minimum absolute atomic E-state index is 0. The average molecular weight is 228 g/mol. The quantitative estimate of drug-likeness (QED) is 0.683. The maximum absolute atomic E-state index is 12.9. The topological polar surface area (TPSA) is 21.3 Å². The summed E-state index contributed by atoms with van der Waals surface area (Å²) in [6.07, 6.45) is 0.948. The summed E-state index contributed by atoms with van der Waals surface area (Å²) in [6.45, 7) is 2.24. The summed E-state index contributed by atoms with van der Waals surface area (Å²) in [7, 11) is 0. The van der Waals surface area contributed by atoms with Gasteiger partial charge in [0.2, 0.25) is 5.92 Å². The molecule has 5 heteroatoms. The average Bonchev–Trinajstić information content (AvgIpc) is 2.13. The van der Waals surface area contributed by atoms with Crippen molar-refractivity contribution in [3.63, 3.8) is 0 Å². The Bertz CT molecular complexity index is 183. The number of hydrogen-bond donors (Lipinski definition) is 1. The summed E-state index contributed by atoms with van der Waals surface area (Å²) in [5.41, 5.74) is -0.278. The van der Waals surface area contributed by atoms with Crippen LogP contribution < -0.4 is 5.32 Å². The third kappa shape index (κ3) is 2.55. The van der Waals surface area contributed by atoms with E-state index in [0.717, 1.165) is 13.1 Å². The second-order valence-corrected chi connectivity index (χ2v) is 4.06. The highest BCUT2D eigenvalue weighted by Gasteiger charge is 2.44. The molecule has 0 aromatic rings. The Morgan fingerprint density at radius 3 is 2.21 bits per heavy atom. The molecule has 0 atom stereocenters. The molecule has 1 aliphatic heterocycles. The third-order valence-corrected chi connectivity index (χ3v) is 3.03. The lowest BCUT2D eigenvalue weighted by molar-refractivity contribution is -0.141. The molecule has 2 nitrogen and oxygen atoms in total. The van der Waals surface area contributed by atoms with E-state index >= 15 is 0 Å². The summed E-state index contributed by atoms with van der Waals surface area (Å²) in [5, 5.41) is 3.20. The molecule has 1 spiro atoms. The lowest BCUT2D eigenvalue weighted by Gasteiger charge is -2.42. The van der Waals surface area contributed by atoms with Crippen molar-refractivity contribution < 1.29 is 13.5 Å². The number of hydrogen-bond acceptors (Lipinski definition) is 2. The lowest BCUT2D eigenvalue weighted by Crippen LogP contribution is -2.52. The van der Waals surface area contributed by atoms with E-state index in [1.54, 1.807) is 0 Å². The van der Waals surface area contributed by atoms with Gasteiger partial charge >= 0.3 is 0 Å². The van der Waals surface area contributed by atoms with Crippen LogP contribution in [0.3, 0.4) is 0 Å². The molecule has 0 aromatic heterocycles. The molecule has 0 unspecified atom stereocenters. The van der Waals surface area contributed by atoms with E-state index in [1.807, 2.05) is 0 Å². The van der Waals surface area contributed by atoms with Crippen LogP contribution in [0.5, 0.6) is 0 Å². The van der Waals surface area contributed by atoms with Gasteiger partial charge in [0.25, 0.3) is 0 Å². The van der Waals surface area contributed by atoms with Crippen LogP contribution >= 0.6 is 12.4 Å². The predicted molar refractivity (Wildman–Crippen MR) is 52.2 cm³/mol. The zero-order valence-corrected chi connectivity index (χ0v) is 8.84. The fourth-order valence-electron chi connectivity index (χ4n) is 2.10. The van der Waals surface area contributed by atoms with Crippen LogP contribution in [0.1, 0.15) is 25.7 Å². The first-order valence-electron chi connectivity index (χ1n) is 4.85. The molecule has 1 N–H and O–H groups in total. The van der Waals surface area contributed by atoms with E-state index in [-0.39, 0.29) is 30.8 Å². The standard InChI is InChI=1S/C9H15F2NO.ClH/c10-9(11)3-1-8(2-4-9)7-12-5-6-13-8;/h12H,1-7H2;1H. The first kappa shape index (κ1) is 12.1. The zero-order valence-electron chi connectivity index (χ0n) is 8.02. The molecule has 1 aliphatic carbocycles. The third-order valence-electron chi connectivity index (χ3n) is 3.03. The van der Waals surface area contributed by atoms with Crippen LogP contribution in [-0.2, 0) is 4.74 Å². The number of ether oxygens (including phenoxy) is 1. The zero-order chi connectivity index (χ0) is 9.36. The van der Waals surface area contributed by atoms with E-state index < -0.39 is 5.92 Å². The molecule has 14 heavy (non-hydrogen) atoms. The van der Waals surface area contributed by atoms with Crippen LogP contribution in [0.25, 0.3) is 0 Å². The first-order chi connectivity index (χ1) is 6.12. The van der Waals surface area contributed by atoms with Crippen LogP contribution in [0.15, 0.2) is 0 Å². The Morgan fingerprint density at radius 1 is 1.07 bits per heavy atom. The van der Waals surface area contributed by atoms with E-state index in [9.17, 15) is 8.78 Å². The minimum Gasteiger partial charge on any atom is -0.372 e. The van der Waals surface area contributed by atoms with Crippen molar-refractivity contribution in [1.82, 2.24) is 5.32 Å². The maximum Gasteiger partial charge on any atom is 0.248 e. The van der Waals surface area contributed by atoms with E-state index in [1.165, 1.54) is 0 Å². The van der Waals surface area contributed by atoms with E-state index in [2.05, 4.69) is 5.32 Å². The Hall–Kier alpha value is 0.0700. The molecule has 1 saturated carbocycles. The van der Waals surface area contributed by atoms with E-state index in [0.29, 0.717) is 19.4 Å². The molecule has 2 aliphatic rings. The summed E-state index contributed by atoms with van der Waals surface area (Å²) in [5.74, 6) is -2.45. The van der Waals surface area contributed by atoms with Gasteiger partial charge in [0.15, 0.2) is 0 Å². The summed E-state index contributed by atoms with van der Waals surface area (Å²) in [4.78, 5) is 0. The molecule has 84 valence electrons. The number of halogens is 3. The number of rotatable bonds is 0. The number of nitrogens with one attached hydrogen (secondary N) is 1. The Labute approximate surface area is 88.8 Å². The van der Waals surface area contributed by atoms with Gasteiger partial charge in [-0.1, -0.05) is 0 Å². The highest BCUT2D eigenvalue weighted by atomic mass is 35.5. The van der Waals surface area contributed by atoms with Gasteiger partial charge in [0.05, 0.1) is 12.2 Å². The Balaban J connectivity index is 0.000000980. The molecule has 2 rings (SSSR count). The van der Waals surface area contributed by atoms with Crippen molar-refractivity contribution in [2.24, 2.45) is 0 Å². The molecule has 0 aromatic carbocycles. The number of alkyl halides is 2. The molecule has 1 heterocycles. The van der Waals surface area contributed by atoms with Crippen LogP contribution in [0.4, 0.5) is 8.78 Å². The van der Waals surface area contributed by atoms with Crippen molar-refractivity contribution in [3.8, 4) is 0 Å². The summed E-state index contributed by atoms with van der Waals surface area (Å²) < 4.78 is 31.3. The maximum atomic E-state index is 12.9. The molecule has 0 radical (unpaired) electrons. The Morgan fingerprint density at radius 2 is 1.71 bits per heavy atom. The van der Waals surface area contributed by atoms with Crippen molar-refractivity contribution in [2.45, 2.75) is 37.2 Å². The molecule has 2 fully saturated rings. The van der Waals surface area contributed by atoms with Gasteiger partial charge in [-0.15, -0.1) is 12.4 Å². The second kappa shape index (κ2) is 4.29. The SMILES string of the molecule is Cl.FC1(F)CCC2(CC1)CNCCO2.